The first-order valence-electron chi connectivity index (χ1n) is 3.50. The van der Waals surface area contributed by atoms with Gasteiger partial charge >= 0.3 is 6.03 Å². The number of aromatic nitrogens is 3. The van der Waals surface area contributed by atoms with Gasteiger partial charge in [-0.3, -0.25) is 10.1 Å². The first-order chi connectivity index (χ1) is 6.61. The van der Waals surface area contributed by atoms with E-state index in [0.717, 1.165) is 4.68 Å². The van der Waals surface area contributed by atoms with Crippen LogP contribution in [0.3, 0.4) is 0 Å². The van der Waals surface area contributed by atoms with Crippen LogP contribution in [0.15, 0.2) is 6.33 Å². The maximum absolute atomic E-state index is 10.9. The maximum atomic E-state index is 10.9. The summed E-state index contributed by atoms with van der Waals surface area (Å²) in [5, 5.41) is 13.8. The Balaban J connectivity index is 2.57. The summed E-state index contributed by atoms with van der Waals surface area (Å²) in [4.78, 5) is 24.8. The molecule has 3 N–H and O–H groups in total. The van der Waals surface area contributed by atoms with E-state index in [1.807, 2.05) is 5.32 Å². The lowest BCUT2D eigenvalue weighted by Crippen LogP contribution is -2.37. The molecular weight excluding hydrogens is 188 g/mol. The van der Waals surface area contributed by atoms with Gasteiger partial charge in [-0.2, -0.15) is 5.26 Å². The second-order valence-corrected chi connectivity index (χ2v) is 2.29. The lowest BCUT2D eigenvalue weighted by molar-refractivity contribution is -0.120. The molecule has 0 aromatic carbocycles. The van der Waals surface area contributed by atoms with E-state index in [2.05, 4.69) is 10.1 Å². The molecular formula is C6H6N6O2. The van der Waals surface area contributed by atoms with Crippen LogP contribution in [-0.4, -0.2) is 26.7 Å². The standard InChI is InChI=1S/C6H6N6O2/c7-1-4-9-3-12(11-4)2-5(13)10-6(8)14/h3H,2H2,(H3,8,10,13,14). The zero-order chi connectivity index (χ0) is 10.6. The molecule has 0 fully saturated rings. The average Bonchev–Trinajstić information content (AvgIpc) is 2.50. The van der Waals surface area contributed by atoms with Crippen molar-refractivity contribution in [3.63, 3.8) is 0 Å². The summed E-state index contributed by atoms with van der Waals surface area (Å²) in [6.07, 6.45) is 1.21. The van der Waals surface area contributed by atoms with Crippen LogP contribution in [0.5, 0.6) is 0 Å². The molecule has 3 amide bonds. The summed E-state index contributed by atoms with van der Waals surface area (Å²) < 4.78 is 1.12. The largest absolute Gasteiger partial charge is 0.351 e. The second-order valence-electron chi connectivity index (χ2n) is 2.29. The van der Waals surface area contributed by atoms with Crippen LogP contribution in [0.4, 0.5) is 4.79 Å². The van der Waals surface area contributed by atoms with Gasteiger partial charge in [0.2, 0.25) is 5.91 Å². The number of rotatable bonds is 2. The molecule has 0 aliphatic rings. The number of hydrogen-bond acceptors (Lipinski definition) is 5. The van der Waals surface area contributed by atoms with Crippen molar-refractivity contribution in [2.45, 2.75) is 6.54 Å². The van der Waals surface area contributed by atoms with Crippen LogP contribution in [0, 0.1) is 11.3 Å². The quantitative estimate of drug-likeness (QED) is 0.582. The van der Waals surface area contributed by atoms with Gasteiger partial charge in [-0.15, -0.1) is 5.10 Å². The normalized spacial score (nSPS) is 9.07. The van der Waals surface area contributed by atoms with Crippen molar-refractivity contribution >= 4 is 11.9 Å². The third kappa shape index (κ3) is 2.56. The number of nitrogens with one attached hydrogen (secondary N) is 1. The minimum absolute atomic E-state index is 0.0446. The summed E-state index contributed by atoms with van der Waals surface area (Å²) in [5.74, 6) is -0.663. The highest BCUT2D eigenvalue weighted by molar-refractivity contribution is 5.93. The van der Waals surface area contributed by atoms with Gasteiger partial charge in [-0.1, -0.05) is 0 Å². The van der Waals surface area contributed by atoms with Crippen molar-refractivity contribution in [2.24, 2.45) is 5.73 Å². The van der Waals surface area contributed by atoms with Gasteiger partial charge in [0.15, 0.2) is 0 Å². The number of amides is 3. The van der Waals surface area contributed by atoms with Gasteiger partial charge in [0.1, 0.15) is 18.9 Å². The molecule has 8 nitrogen and oxygen atoms in total. The number of imide groups is 1. The fraction of sp³-hybridized carbons (Fsp3) is 0.167. The van der Waals surface area contributed by atoms with E-state index in [9.17, 15) is 9.59 Å². The summed E-state index contributed by atoms with van der Waals surface area (Å²) in [7, 11) is 0. The second kappa shape index (κ2) is 3.99. The molecule has 0 saturated heterocycles. The molecule has 0 aliphatic heterocycles. The Hall–Kier alpha value is -2.43. The Kier molecular flexibility index (Phi) is 2.75. The number of primary amides is 1. The van der Waals surface area contributed by atoms with Crippen molar-refractivity contribution in [3.8, 4) is 6.07 Å². The third-order valence-electron chi connectivity index (χ3n) is 1.20. The molecule has 1 aromatic rings. The Morgan fingerprint density at radius 1 is 1.71 bits per heavy atom. The van der Waals surface area contributed by atoms with E-state index in [1.165, 1.54) is 6.33 Å². The lowest BCUT2D eigenvalue weighted by atomic mass is 10.6. The summed E-state index contributed by atoms with van der Waals surface area (Å²) in [6.45, 7) is -0.211. The molecule has 14 heavy (non-hydrogen) atoms. The predicted octanol–water partition coefficient (Wildman–Crippen LogP) is -1.66. The third-order valence-corrected chi connectivity index (χ3v) is 1.20. The smallest absolute Gasteiger partial charge is 0.318 e. The van der Waals surface area contributed by atoms with Crippen LogP contribution in [-0.2, 0) is 11.3 Å². The highest BCUT2D eigenvalue weighted by atomic mass is 16.2. The Morgan fingerprint density at radius 3 is 2.93 bits per heavy atom. The summed E-state index contributed by atoms with van der Waals surface area (Å²) in [5.41, 5.74) is 4.71. The molecule has 1 heterocycles. The zero-order valence-corrected chi connectivity index (χ0v) is 6.97. The highest BCUT2D eigenvalue weighted by Gasteiger charge is 2.06. The fourth-order valence-electron chi connectivity index (χ4n) is 0.746. The predicted molar refractivity (Wildman–Crippen MR) is 42.5 cm³/mol. The number of urea groups is 1. The maximum Gasteiger partial charge on any atom is 0.318 e. The highest BCUT2D eigenvalue weighted by Crippen LogP contribution is 1.86. The van der Waals surface area contributed by atoms with E-state index < -0.39 is 11.9 Å². The SMILES string of the molecule is N#Cc1ncn(CC(=O)NC(N)=O)n1. The number of nitrogens with zero attached hydrogens (tertiary/aromatic N) is 4. The van der Waals surface area contributed by atoms with E-state index in [-0.39, 0.29) is 12.4 Å². The van der Waals surface area contributed by atoms with Crippen molar-refractivity contribution in [2.75, 3.05) is 0 Å². The fourth-order valence-corrected chi connectivity index (χ4v) is 0.746. The Labute approximate surface area is 78.3 Å². The topological polar surface area (TPSA) is 127 Å². The van der Waals surface area contributed by atoms with Gasteiger partial charge in [-0.05, 0) is 0 Å². The molecule has 0 spiro atoms. The van der Waals surface area contributed by atoms with Crippen LogP contribution in [0.2, 0.25) is 0 Å². The van der Waals surface area contributed by atoms with Gasteiger partial charge < -0.3 is 5.73 Å². The minimum atomic E-state index is -0.935. The van der Waals surface area contributed by atoms with Gasteiger partial charge in [0, 0.05) is 0 Å². The molecule has 0 saturated carbocycles. The zero-order valence-electron chi connectivity index (χ0n) is 6.97. The molecule has 1 aromatic heterocycles. The monoisotopic (exact) mass is 194 g/mol. The molecule has 1 rings (SSSR count). The Morgan fingerprint density at radius 2 is 2.43 bits per heavy atom. The van der Waals surface area contributed by atoms with Crippen LogP contribution < -0.4 is 11.1 Å². The minimum Gasteiger partial charge on any atom is -0.351 e. The van der Waals surface area contributed by atoms with Crippen LogP contribution in [0.1, 0.15) is 5.82 Å². The van der Waals surface area contributed by atoms with E-state index in [0.29, 0.717) is 0 Å². The summed E-state index contributed by atoms with van der Waals surface area (Å²) in [6, 6.07) is 0.760. The number of nitriles is 1. The van der Waals surface area contributed by atoms with E-state index in [4.69, 9.17) is 11.0 Å². The lowest BCUT2D eigenvalue weighted by Gasteiger charge is -1.98. The Bertz CT molecular complexity index is 403. The molecule has 0 unspecified atom stereocenters. The average molecular weight is 194 g/mol. The van der Waals surface area contributed by atoms with Crippen molar-refractivity contribution in [3.05, 3.63) is 12.2 Å². The first kappa shape index (κ1) is 9.66. The molecule has 8 heteroatoms. The van der Waals surface area contributed by atoms with Crippen molar-refractivity contribution in [1.29, 1.82) is 5.26 Å². The summed E-state index contributed by atoms with van der Waals surface area (Å²) >= 11 is 0. The van der Waals surface area contributed by atoms with Gasteiger partial charge in [0.25, 0.3) is 5.82 Å². The molecule has 0 aliphatic carbocycles. The van der Waals surface area contributed by atoms with Gasteiger partial charge in [0.05, 0.1) is 0 Å². The number of nitrogens with two attached hydrogens (primary N) is 1. The van der Waals surface area contributed by atoms with Gasteiger partial charge in [-0.25, -0.2) is 14.5 Å². The molecule has 0 radical (unpaired) electrons. The first-order valence-corrected chi connectivity index (χ1v) is 3.50. The number of carbonyl (C=O) groups excluding carboxylic acids is 2. The van der Waals surface area contributed by atoms with Crippen molar-refractivity contribution in [1.82, 2.24) is 20.1 Å². The van der Waals surface area contributed by atoms with Crippen molar-refractivity contribution < 1.29 is 9.59 Å². The van der Waals surface area contributed by atoms with E-state index in [1.54, 1.807) is 6.07 Å². The van der Waals surface area contributed by atoms with Crippen LogP contribution in [0.25, 0.3) is 0 Å². The molecule has 0 atom stereocenters. The molecule has 72 valence electrons. The van der Waals surface area contributed by atoms with E-state index >= 15 is 0 Å². The van der Waals surface area contributed by atoms with Crippen LogP contribution >= 0.6 is 0 Å². The molecule has 0 bridgehead atoms. The number of hydrogen-bond donors (Lipinski definition) is 2. The number of carbonyl (C=O) groups is 2.